The number of nitrogens with zero attached hydrogens (tertiary/aromatic N) is 14. The van der Waals surface area contributed by atoms with Crippen molar-refractivity contribution in [1.29, 1.82) is 0 Å². The molecule has 0 aromatic carbocycles. The first-order valence-electron chi connectivity index (χ1n) is 40.0. The van der Waals surface area contributed by atoms with Gasteiger partial charge in [0.15, 0.2) is 43.0 Å². The lowest BCUT2D eigenvalue weighted by atomic mass is 10.1. The van der Waals surface area contributed by atoms with Crippen LogP contribution in [0.25, 0.3) is 66.2 Å². The Morgan fingerprint density at radius 2 is 0.679 bits per heavy atom. The summed E-state index contributed by atoms with van der Waals surface area (Å²) in [5.74, 6) is 0.463. The summed E-state index contributed by atoms with van der Waals surface area (Å²) < 4.78 is 163. The van der Waals surface area contributed by atoms with E-state index in [0.717, 1.165) is 0 Å². The Bertz CT molecular complexity index is 6720. The van der Waals surface area contributed by atoms with Gasteiger partial charge in [-0.2, -0.15) is 4.98 Å². The van der Waals surface area contributed by atoms with Crippen molar-refractivity contribution < 1.29 is 156 Å². The molecule has 23 N–H and O–H groups in total. The highest BCUT2D eigenvalue weighted by Crippen LogP contribution is 2.61. The summed E-state index contributed by atoms with van der Waals surface area (Å²) in [6.45, 7) is -15.0. The maximum absolute atomic E-state index is 13.5. The number of aliphatic hydroxyl groups is 6. The molecule has 0 aliphatic carbocycles. The zero-order valence-corrected chi connectivity index (χ0v) is 76.2. The van der Waals surface area contributed by atoms with E-state index >= 15 is 0 Å². The smallest absolute Gasteiger partial charge is 0.398 e. The highest BCUT2D eigenvalue weighted by molar-refractivity contribution is 8.44. The number of aryl methyl sites for hydroxylation is 1. The van der Waals surface area contributed by atoms with Crippen molar-refractivity contribution in [1.82, 2.24) is 77.2 Å². The van der Waals surface area contributed by atoms with Crippen molar-refractivity contribution in [2.75, 3.05) is 68.3 Å². The lowest BCUT2D eigenvalue weighted by molar-refractivity contribution is -0.0634. The SMILES string of the molecule is Cc1nc2c(ccn2[C@@H]2O[C@@H]3COP(=O)(O)O[C@@H]4C(O)[C@H](n5ccc6c(=O)[nH]c(N)nc65)O[C@@H]4COP(O)(=S)O[C@H]2C3O)c(=O)[nH]1.Nc1ncnc2c1ccn2[C@@H]1O[C@@H]2COP(=O)(S)O[C@H]3C(O)[C@@H](COP(=O)(O)O[C@@H]2C1O)O[C@H]3n1ccc2c(N)ccnc21.Nc1ncnc2c1ccn2[C@@H]1O[C@@H]2COP(O)(=S)O[C@H]3C(O)[C@@H](COP(=O)(O)O[C@@H]2C1O)O[C@H]3n1ccc2c(N)ccnc21. The predicted octanol–water partition coefficient (Wildman–Crippen LogP) is 0.419. The third-order valence-electron chi connectivity index (χ3n) is 23.1. The van der Waals surface area contributed by atoms with Gasteiger partial charge in [-0.1, -0.05) is 12.2 Å². The lowest BCUT2D eigenvalue weighted by Crippen LogP contribution is -2.36. The number of phosphoric ester groups is 3. The van der Waals surface area contributed by atoms with Gasteiger partial charge in [0.05, 0.1) is 61.2 Å². The summed E-state index contributed by atoms with van der Waals surface area (Å²) in [6, 6.07) is 12.7. The highest BCUT2D eigenvalue weighted by atomic mass is 32.7. The molecule has 56 nitrogen and oxygen atoms in total. The number of aromatic amines is 2. The summed E-state index contributed by atoms with van der Waals surface area (Å²) in [7, 11) is -14.9. The number of nitrogens with two attached hydrogens (primary N) is 5. The summed E-state index contributed by atoms with van der Waals surface area (Å²) in [5.41, 5.74) is 31.1. The van der Waals surface area contributed by atoms with E-state index in [2.05, 4.69) is 62.1 Å². The molecule has 9 saturated heterocycles. The number of H-pyrrole nitrogens is 2. The molecule has 21 heterocycles. The molecule has 134 heavy (non-hydrogen) atoms. The minimum Gasteiger partial charge on any atom is -0.398 e. The van der Waals surface area contributed by atoms with E-state index < -0.39 is 242 Å². The van der Waals surface area contributed by atoms with Crippen molar-refractivity contribution >= 4 is 175 Å². The fourth-order valence-corrected chi connectivity index (χ4v) is 24.1. The van der Waals surface area contributed by atoms with Crippen LogP contribution in [0.4, 0.5) is 29.0 Å². The van der Waals surface area contributed by atoms with E-state index in [4.69, 9.17) is 135 Å². The molecule has 0 saturated carbocycles. The number of nitrogens with one attached hydrogen (secondary N) is 2. The first-order chi connectivity index (χ1) is 63.6. The molecule has 12 aromatic heterocycles. The monoisotopic (exact) mass is 2050 g/mol. The molecule has 9 fully saturated rings. The topological polar surface area (TPSA) is 785 Å². The van der Waals surface area contributed by atoms with E-state index in [1.807, 2.05) is 0 Å². The number of hydrogen-bond acceptors (Lipinski definition) is 45. The van der Waals surface area contributed by atoms with Crippen LogP contribution in [-0.2, 0) is 125 Å². The van der Waals surface area contributed by atoms with E-state index in [-0.39, 0.29) is 45.5 Å². The van der Waals surface area contributed by atoms with Gasteiger partial charge in [0.25, 0.3) is 11.1 Å². The summed E-state index contributed by atoms with van der Waals surface area (Å²) in [6.07, 6.45) is -18.8. The number of ether oxygens (including phenoxy) is 6. The molecule has 720 valence electrons. The molecule has 12 aromatic rings. The number of hydrogen-bond donors (Lipinski definition) is 19. The largest absolute Gasteiger partial charge is 0.472 e. The zero-order valence-electron chi connectivity index (χ0n) is 68.3. The summed E-state index contributed by atoms with van der Waals surface area (Å²) >= 11 is 14.6. The van der Waals surface area contributed by atoms with Gasteiger partial charge in [0.1, 0.15) is 168 Å². The second-order valence-electron chi connectivity index (χ2n) is 31.5. The second kappa shape index (κ2) is 36.3. The van der Waals surface area contributed by atoms with Gasteiger partial charge in [0.2, 0.25) is 5.95 Å². The number of phosphoric acid groups is 3. The Kier molecular flexibility index (Phi) is 25.7. The molecule has 65 heteroatoms. The van der Waals surface area contributed by atoms with Crippen LogP contribution in [0.2, 0.25) is 0 Å². The number of rotatable bonds is 6. The molecular formula is C69H81N21O35P6S3. The zero-order chi connectivity index (χ0) is 94.6. The number of anilines is 5. The van der Waals surface area contributed by atoms with Crippen molar-refractivity contribution in [3.05, 3.63) is 137 Å². The number of aliphatic hydroxyl groups excluding tert-OH is 6. The number of nitrogen functional groups attached to an aromatic ring is 5. The van der Waals surface area contributed by atoms with Gasteiger partial charge in [0, 0.05) is 71.7 Å². The summed E-state index contributed by atoms with van der Waals surface area (Å²) in [4.78, 5) is 117. The van der Waals surface area contributed by atoms with Crippen molar-refractivity contribution in [3.8, 4) is 0 Å². The fraction of sp³-hybridized carbons (Fsp3) is 0.449. The number of thiol groups is 1. The molecule has 21 rings (SSSR count). The molecule has 0 amide bonds. The lowest BCUT2D eigenvalue weighted by Gasteiger charge is -2.27. The maximum atomic E-state index is 13.5. The molecule has 12 unspecified atom stereocenters. The third kappa shape index (κ3) is 18.3. The van der Waals surface area contributed by atoms with E-state index in [1.165, 1.54) is 83.2 Å². The van der Waals surface area contributed by atoms with Crippen molar-refractivity contribution in [3.63, 3.8) is 0 Å². The van der Waals surface area contributed by atoms with E-state index in [0.29, 0.717) is 55.5 Å². The number of pyridine rings is 2. The van der Waals surface area contributed by atoms with Gasteiger partial charge in [-0.25, -0.2) is 53.1 Å². The van der Waals surface area contributed by atoms with Gasteiger partial charge < -0.3 is 154 Å². The van der Waals surface area contributed by atoms with Gasteiger partial charge in [-0.3, -0.25) is 59.8 Å². The van der Waals surface area contributed by atoms with Crippen LogP contribution in [0.3, 0.4) is 0 Å². The molecule has 6 bridgehead atoms. The van der Waals surface area contributed by atoms with Crippen LogP contribution in [0.15, 0.2) is 120 Å². The maximum Gasteiger partial charge on any atom is 0.472 e. The average Bonchev–Trinajstić information content (AvgIpc) is 1.62. The molecule has 0 radical (unpaired) electrons. The predicted molar refractivity (Wildman–Crippen MR) is 466 cm³/mol. The minimum absolute atomic E-state index is 0.0389. The molecule has 9 aliphatic heterocycles. The third-order valence-corrected chi connectivity index (χ3v) is 30.8. The number of aromatic nitrogens is 16. The first kappa shape index (κ1) is 94.8. The van der Waals surface area contributed by atoms with Crippen LogP contribution in [0.5, 0.6) is 0 Å². The average molecular weight is 2050 g/mol. The molecule has 9 aliphatic rings. The standard InChI is InChI=1S/C23H27N7O13P2S.2C23H27N7O11P2S/c1-8-25-17-9(19(33)26-8)3-5-30(17)22-16-13(31)11(40-22)6-38-44(35,36)42-15-12(7-39-45(37,46)43-16)41-21(14(15)32)29-4-2-10-18(29)27-23(24)28-20(10)34;2*24-12-1-4-26-20-10(12)2-5-30(20)23-18-15(31)13(38-23)7-36-42(33,34)40-17-14(8-37-43(35,44)41-18)39-22(16(17)32)29-6-3-11-19(25)27-9-28-21(11)29/h2-5,11-16,21-22,31-32H,6-7H2,1H3,(H,35,36)(H,37,46)(H,25,26,33)(H3,24,27,28,34);2*1-6,9,13-18,22-23,31-32H,7-8H2,(H2,24,26)(H,33,34)(H,35,44)(H2,25,27,28)/t11-,12-,13?,14?,15+,16+,21-,22-,45?;2*13-,14-,15?,16?,17+,18+,22-,23-,43?/m111/s1. The van der Waals surface area contributed by atoms with E-state index in [9.17, 15) is 83.0 Å². The fourth-order valence-electron chi connectivity index (χ4n) is 16.9. The van der Waals surface area contributed by atoms with Crippen LogP contribution < -0.4 is 39.8 Å². The second-order valence-corrected chi connectivity index (χ2v) is 44.2. The first-order valence-corrected chi connectivity index (χ1v) is 52.4. The van der Waals surface area contributed by atoms with Gasteiger partial charge in [-0.05, 0) is 79.1 Å². The Hall–Kier alpha value is -8.13. The molecular weight excluding hydrogens is 1960 g/mol. The van der Waals surface area contributed by atoms with Crippen molar-refractivity contribution in [2.24, 2.45) is 0 Å². The van der Waals surface area contributed by atoms with Crippen LogP contribution in [0, 0.1) is 6.92 Å². The normalized spacial score (nSPS) is 37.9. The van der Waals surface area contributed by atoms with Gasteiger partial charge in [-0.15, -0.1) is 0 Å². The highest BCUT2D eigenvalue weighted by Gasteiger charge is 2.59. The van der Waals surface area contributed by atoms with Crippen LogP contribution in [-0.4, -0.2) is 282 Å². The Morgan fingerprint density at radius 1 is 0.366 bits per heavy atom. The van der Waals surface area contributed by atoms with Crippen LogP contribution in [0.1, 0.15) is 43.2 Å². The van der Waals surface area contributed by atoms with E-state index in [1.54, 1.807) is 61.9 Å². The number of fused-ring (bicyclic) bond motifs is 15. The molecule has 0 spiro atoms. The van der Waals surface area contributed by atoms with Gasteiger partial charge >= 0.3 is 43.7 Å². The summed E-state index contributed by atoms with van der Waals surface area (Å²) in [5, 5.41) is 69.5. The van der Waals surface area contributed by atoms with Crippen molar-refractivity contribution in [2.45, 2.75) is 154 Å². The Balaban J connectivity index is 0.000000129. The Morgan fingerprint density at radius 3 is 1.08 bits per heavy atom. The minimum atomic E-state index is -5.02. The van der Waals surface area contributed by atoms with Crippen LogP contribution >= 0.6 is 56.0 Å². The Labute approximate surface area is 763 Å². The quantitative estimate of drug-likeness (QED) is 0.0792. The molecule has 30 atom stereocenters.